The number of carboxylic acid groups (broad SMARTS) is 1. The zero-order valence-corrected chi connectivity index (χ0v) is 48.8. The second kappa shape index (κ2) is 29.1. The predicted molar refractivity (Wildman–Crippen MR) is 276 cm³/mol. The van der Waals surface area contributed by atoms with Crippen molar-refractivity contribution in [3.05, 3.63) is 119 Å². The predicted octanol–water partition coefficient (Wildman–Crippen LogP) is 14.0. The summed E-state index contributed by atoms with van der Waals surface area (Å²) in [5.74, 6) is -3.31. The molecule has 0 atom stereocenters. The molecule has 0 aliphatic carbocycles. The summed E-state index contributed by atoms with van der Waals surface area (Å²) in [5, 5.41) is 8.87. The number of sulfone groups is 2. The van der Waals surface area contributed by atoms with Gasteiger partial charge in [-0.3, -0.25) is 19.2 Å². The zero-order chi connectivity index (χ0) is 62.2. The molecule has 29 heteroatoms. The van der Waals surface area contributed by atoms with Crippen molar-refractivity contribution in [2.24, 2.45) is 0 Å². The number of alkyl halides is 13. The van der Waals surface area contributed by atoms with Gasteiger partial charge in [-0.2, -0.15) is 52.7 Å². The van der Waals surface area contributed by atoms with E-state index in [2.05, 4.69) is 33.3 Å². The molecule has 0 saturated carbocycles. The van der Waals surface area contributed by atoms with Crippen LogP contribution in [0.25, 0.3) is 0 Å². The summed E-state index contributed by atoms with van der Waals surface area (Å²) < 4.78 is 206. The van der Waals surface area contributed by atoms with E-state index in [0.717, 1.165) is 94.1 Å². The van der Waals surface area contributed by atoms with E-state index in [1.54, 1.807) is 47.6 Å². The Hall–Kier alpha value is -5.00. The fraction of sp³-hybridized carbons (Fsp3) is 0.440. The zero-order valence-electron chi connectivity index (χ0n) is 43.9. The fourth-order valence-corrected chi connectivity index (χ4v) is 9.33. The molecule has 1 N–H and O–H groups in total. The van der Waals surface area contributed by atoms with Crippen LogP contribution in [0.1, 0.15) is 98.4 Å². The lowest BCUT2D eigenvalue weighted by atomic mass is 10.2. The number of carboxylic acids is 1. The first kappa shape index (κ1) is 74.0. The number of benzene rings is 4. The minimum Gasteiger partial charge on any atom is -0.480 e. The highest BCUT2D eigenvalue weighted by Gasteiger charge is 2.46. The molecule has 444 valence electrons. The highest BCUT2D eigenvalue weighted by molar-refractivity contribution is 9.10. The van der Waals surface area contributed by atoms with Gasteiger partial charge in [0, 0.05) is 9.79 Å². The Labute approximate surface area is 467 Å². The Morgan fingerprint density at radius 3 is 1.13 bits per heavy atom. The minimum absolute atomic E-state index is 0.0274. The van der Waals surface area contributed by atoms with E-state index < -0.39 is 113 Å². The van der Waals surface area contributed by atoms with Crippen LogP contribution >= 0.6 is 40.3 Å². The molecule has 4 aromatic rings. The largest absolute Gasteiger partial charge is 0.480 e. The summed E-state index contributed by atoms with van der Waals surface area (Å²) in [6, 6.07) is 16.0. The van der Waals surface area contributed by atoms with E-state index in [1.165, 1.54) is 25.1 Å². The summed E-state index contributed by atoms with van der Waals surface area (Å²) in [5.41, 5.74) is -3.62. The number of ether oxygens (including phenoxy) is 3. The third-order valence-electron chi connectivity index (χ3n) is 9.80. The van der Waals surface area contributed by atoms with Crippen molar-refractivity contribution in [1.29, 1.82) is 0 Å². The lowest BCUT2D eigenvalue weighted by Gasteiger charge is -2.23. The summed E-state index contributed by atoms with van der Waals surface area (Å²) in [6.45, 7) is 16.4. The van der Waals surface area contributed by atoms with Gasteiger partial charge >= 0.3 is 48.6 Å². The maximum absolute atomic E-state index is 12.6. The van der Waals surface area contributed by atoms with Crippen molar-refractivity contribution in [3.63, 3.8) is 0 Å². The number of thioether (sulfide) groups is 1. The van der Waals surface area contributed by atoms with Crippen molar-refractivity contribution in [3.8, 4) is 0 Å². The van der Waals surface area contributed by atoms with Crippen LogP contribution in [-0.2, 0) is 77.8 Å². The SMILES string of the molecule is CC(C)(C(=O)O)S(=O)(=O)c1cccc(C(F)(F)F)c1.CCOC(=O)C(C)(C)Br.CCOC(=O)C(C)(C)S(=O)(=O)c1cccc(C(F)(F)F)c1.CCOC(=O)C(C)(C)Sc1cccc(C(F)(F)F)c1.FC(F)(F)c1cccc(S)c1. The number of carbonyl (C=O) groups is 4. The van der Waals surface area contributed by atoms with Crippen molar-refractivity contribution >= 4 is 83.9 Å². The Morgan fingerprint density at radius 1 is 0.494 bits per heavy atom. The molecule has 0 amide bonds. The summed E-state index contributed by atoms with van der Waals surface area (Å²) >= 11 is 8.01. The van der Waals surface area contributed by atoms with E-state index in [4.69, 9.17) is 14.6 Å². The van der Waals surface area contributed by atoms with Gasteiger partial charge in [0.25, 0.3) is 0 Å². The lowest BCUT2D eigenvalue weighted by Crippen LogP contribution is -2.42. The van der Waals surface area contributed by atoms with Crippen molar-refractivity contribution in [2.75, 3.05) is 19.8 Å². The van der Waals surface area contributed by atoms with Crippen LogP contribution in [0.3, 0.4) is 0 Å². The second-order valence-electron chi connectivity index (χ2n) is 17.7. The molecule has 0 radical (unpaired) electrons. The monoisotopic (exact) mass is 1280 g/mol. The van der Waals surface area contributed by atoms with Crippen molar-refractivity contribution < 1.29 is 108 Å². The van der Waals surface area contributed by atoms with E-state index in [9.17, 15) is 88.7 Å². The highest BCUT2D eigenvalue weighted by Crippen LogP contribution is 2.38. The molecule has 4 rings (SSSR count). The van der Waals surface area contributed by atoms with Gasteiger partial charge in [0.05, 0.1) is 51.9 Å². The summed E-state index contributed by atoms with van der Waals surface area (Å²) in [4.78, 5) is 44.6. The third kappa shape index (κ3) is 22.8. The van der Waals surface area contributed by atoms with Crippen LogP contribution < -0.4 is 0 Å². The van der Waals surface area contributed by atoms with E-state index in [1.807, 2.05) is 0 Å². The van der Waals surface area contributed by atoms with Crippen molar-refractivity contribution in [1.82, 2.24) is 0 Å². The van der Waals surface area contributed by atoms with E-state index in [0.29, 0.717) is 34.6 Å². The second-order valence-corrected chi connectivity index (χ2v) is 26.9. The minimum atomic E-state index is -4.70. The quantitative estimate of drug-likeness (QED) is 0.0322. The first-order chi connectivity index (χ1) is 35.5. The molecule has 0 heterocycles. The molecule has 0 bridgehead atoms. The van der Waals surface area contributed by atoms with Gasteiger partial charge in [-0.15, -0.1) is 24.4 Å². The molecule has 0 unspecified atom stereocenters. The van der Waals surface area contributed by atoms with E-state index >= 15 is 0 Å². The normalized spacial score (nSPS) is 12.5. The Balaban J connectivity index is 0.000000992. The van der Waals surface area contributed by atoms with Crippen LogP contribution in [0.5, 0.6) is 0 Å². The first-order valence-corrected chi connectivity index (χ1v) is 27.5. The number of hydrogen-bond acceptors (Lipinski definition) is 13. The van der Waals surface area contributed by atoms with Crippen LogP contribution in [0.2, 0.25) is 0 Å². The molecule has 0 saturated heterocycles. The van der Waals surface area contributed by atoms with Gasteiger partial charge in [0.2, 0.25) is 0 Å². The number of esters is 3. The van der Waals surface area contributed by atoms with Crippen LogP contribution in [0.4, 0.5) is 52.7 Å². The average Bonchev–Trinajstić information content (AvgIpc) is 3.31. The molecule has 79 heavy (non-hydrogen) atoms. The van der Waals surface area contributed by atoms with E-state index in [-0.39, 0.29) is 19.2 Å². The molecule has 12 nitrogen and oxygen atoms in total. The lowest BCUT2D eigenvalue weighted by molar-refractivity contribution is -0.146. The number of hydrogen-bond donors (Lipinski definition) is 2. The van der Waals surface area contributed by atoms with Crippen LogP contribution in [-0.4, -0.2) is 84.2 Å². The molecule has 0 aromatic heterocycles. The third-order valence-corrected chi connectivity index (χ3v) is 16.4. The first-order valence-electron chi connectivity index (χ1n) is 22.5. The molecule has 0 aliphatic heterocycles. The summed E-state index contributed by atoms with van der Waals surface area (Å²) in [7, 11) is -8.74. The molecular formula is C50H57BrF12O12S4. The molecular weight excluding hydrogens is 1230 g/mol. The Bertz CT molecular complexity index is 2910. The average molecular weight is 1290 g/mol. The Morgan fingerprint density at radius 2 is 0.810 bits per heavy atom. The number of carbonyl (C=O) groups excluding carboxylic acids is 3. The van der Waals surface area contributed by atoms with Crippen molar-refractivity contribution in [2.45, 2.75) is 139 Å². The maximum atomic E-state index is 12.6. The fourth-order valence-electron chi connectivity index (χ4n) is 5.16. The van der Waals surface area contributed by atoms with Gasteiger partial charge in [0.15, 0.2) is 29.2 Å². The topological polar surface area (TPSA) is 184 Å². The van der Waals surface area contributed by atoms with Crippen LogP contribution in [0.15, 0.2) is 117 Å². The van der Waals surface area contributed by atoms with Gasteiger partial charge in [0.1, 0.15) is 9.07 Å². The van der Waals surface area contributed by atoms with Gasteiger partial charge in [-0.25, -0.2) is 16.8 Å². The number of thiol groups is 1. The van der Waals surface area contributed by atoms with Gasteiger partial charge < -0.3 is 19.3 Å². The highest BCUT2D eigenvalue weighted by atomic mass is 79.9. The molecule has 0 spiro atoms. The van der Waals surface area contributed by atoms with Gasteiger partial charge in [-0.1, -0.05) is 40.2 Å². The number of aliphatic carboxylic acids is 1. The summed E-state index contributed by atoms with van der Waals surface area (Å²) in [6.07, 6.45) is -18.0. The standard InChI is InChI=1S/C13H15F3O4S.C13H15F3O2S.C11H11F3O4S.C7H5F3S.C6H11BrO2/c1-4-20-11(17)12(2,3)21(18,19)10-7-5-6-9(8-10)13(14,15)16;1-4-18-11(17)12(2,3)19-10-7-5-6-9(8-10)13(14,15)16;1-10(2,9(15)16)19(17,18)8-5-3-4-7(6-8)11(12,13)14;8-7(9,10)5-2-1-3-6(11)4-5;1-4-9-5(8)6(2,3)7/h5-8H,4H2,1-3H3;5-8H,4H2,1-3H3;3-6H,1-2H3,(H,15,16);1-4,11H;4H2,1-3H3. The molecule has 4 aromatic carbocycles. The smallest absolute Gasteiger partial charge is 0.416 e. The molecule has 0 fully saturated rings. The van der Waals surface area contributed by atoms with Gasteiger partial charge in [-0.05, 0) is 149 Å². The number of rotatable bonds is 13. The number of halogens is 13. The Kier molecular flexibility index (Phi) is 27.3. The molecule has 0 aliphatic rings. The van der Waals surface area contributed by atoms with Crippen LogP contribution in [0, 0.1) is 0 Å². The maximum Gasteiger partial charge on any atom is 0.416 e.